The Morgan fingerprint density at radius 3 is 2.84 bits per heavy atom. The van der Waals surface area contributed by atoms with Crippen molar-refractivity contribution < 1.29 is 0 Å². The fraction of sp³-hybridized carbons (Fsp3) is 0.167. The van der Waals surface area contributed by atoms with Crippen LogP contribution in [0.1, 0.15) is 5.69 Å². The van der Waals surface area contributed by atoms with E-state index in [0.29, 0.717) is 11.5 Å². The molecule has 0 fully saturated rings. The number of anilines is 1. The molecule has 0 amide bonds. The maximum Gasteiger partial charge on any atom is 0.329 e. The molecular weight excluding hydrogens is 246 g/mol. The minimum Gasteiger partial charge on any atom is -0.292 e. The standard InChI is InChI=1S/C12H13N5O2/c1-16-11(18)7-10(15-12(16)19)17(2)14-8-9-5-3-4-6-13-9/h3-8H,1-2H3,(H,15,19)/b14-8+. The first-order valence-corrected chi connectivity index (χ1v) is 5.57. The van der Waals surface area contributed by atoms with Gasteiger partial charge in [0.05, 0.1) is 11.9 Å². The number of hydrazone groups is 1. The summed E-state index contributed by atoms with van der Waals surface area (Å²) in [4.78, 5) is 29.6. The Kier molecular flexibility index (Phi) is 3.56. The zero-order chi connectivity index (χ0) is 13.8. The van der Waals surface area contributed by atoms with Crippen molar-refractivity contribution in [3.8, 4) is 0 Å². The maximum atomic E-state index is 11.5. The third kappa shape index (κ3) is 2.95. The third-order valence-corrected chi connectivity index (χ3v) is 2.53. The number of H-pyrrole nitrogens is 1. The van der Waals surface area contributed by atoms with Crippen molar-refractivity contribution >= 4 is 12.0 Å². The number of pyridine rings is 1. The first-order valence-electron chi connectivity index (χ1n) is 5.57. The monoisotopic (exact) mass is 259 g/mol. The Morgan fingerprint density at radius 1 is 1.42 bits per heavy atom. The normalized spacial score (nSPS) is 10.8. The topological polar surface area (TPSA) is 83.3 Å². The highest BCUT2D eigenvalue weighted by atomic mass is 16.2. The van der Waals surface area contributed by atoms with Gasteiger partial charge in [-0.05, 0) is 12.1 Å². The van der Waals surface area contributed by atoms with E-state index in [1.165, 1.54) is 24.3 Å². The summed E-state index contributed by atoms with van der Waals surface area (Å²) in [6.07, 6.45) is 3.19. The first kappa shape index (κ1) is 12.7. The molecule has 2 aromatic rings. The number of nitrogens with one attached hydrogen (secondary N) is 1. The fourth-order valence-corrected chi connectivity index (χ4v) is 1.38. The van der Waals surface area contributed by atoms with Crippen LogP contribution in [0.3, 0.4) is 0 Å². The van der Waals surface area contributed by atoms with Gasteiger partial charge in [-0.15, -0.1) is 0 Å². The highest BCUT2D eigenvalue weighted by molar-refractivity contribution is 5.77. The number of rotatable bonds is 3. The van der Waals surface area contributed by atoms with Gasteiger partial charge in [-0.25, -0.2) is 4.79 Å². The van der Waals surface area contributed by atoms with Gasteiger partial charge < -0.3 is 0 Å². The minimum absolute atomic E-state index is 0.320. The lowest BCUT2D eigenvalue weighted by molar-refractivity contribution is 0.766. The molecule has 0 aromatic carbocycles. The number of hydrogen-bond acceptors (Lipinski definition) is 5. The molecule has 0 atom stereocenters. The van der Waals surface area contributed by atoms with E-state index in [9.17, 15) is 9.59 Å². The second kappa shape index (κ2) is 5.30. The Balaban J connectivity index is 2.26. The summed E-state index contributed by atoms with van der Waals surface area (Å²) >= 11 is 0. The molecule has 19 heavy (non-hydrogen) atoms. The predicted molar refractivity (Wildman–Crippen MR) is 72.5 cm³/mol. The Morgan fingerprint density at radius 2 is 2.21 bits per heavy atom. The molecule has 0 spiro atoms. The lowest BCUT2D eigenvalue weighted by Crippen LogP contribution is -2.33. The zero-order valence-electron chi connectivity index (χ0n) is 10.6. The van der Waals surface area contributed by atoms with Gasteiger partial charge in [0, 0.05) is 26.4 Å². The van der Waals surface area contributed by atoms with Gasteiger partial charge in [-0.1, -0.05) is 6.07 Å². The van der Waals surface area contributed by atoms with Gasteiger partial charge in [0.25, 0.3) is 5.56 Å². The van der Waals surface area contributed by atoms with Gasteiger partial charge in [-0.2, -0.15) is 5.10 Å². The summed E-state index contributed by atoms with van der Waals surface area (Å²) in [5, 5.41) is 5.50. The third-order valence-electron chi connectivity index (χ3n) is 2.53. The lowest BCUT2D eigenvalue weighted by atomic mass is 10.4. The molecule has 0 unspecified atom stereocenters. The van der Waals surface area contributed by atoms with Crippen molar-refractivity contribution in [3.05, 3.63) is 57.0 Å². The second-order valence-electron chi connectivity index (χ2n) is 3.88. The molecule has 98 valence electrons. The molecule has 2 heterocycles. The van der Waals surface area contributed by atoms with E-state index in [1.54, 1.807) is 25.4 Å². The van der Waals surface area contributed by atoms with Crippen LogP contribution >= 0.6 is 0 Å². The molecule has 7 nitrogen and oxygen atoms in total. The Bertz CT molecular complexity index is 671. The van der Waals surface area contributed by atoms with Crippen LogP contribution in [-0.4, -0.2) is 27.8 Å². The van der Waals surface area contributed by atoms with Crippen molar-refractivity contribution in [1.82, 2.24) is 14.5 Å². The van der Waals surface area contributed by atoms with E-state index in [4.69, 9.17) is 0 Å². The summed E-state index contributed by atoms with van der Waals surface area (Å²) in [7, 11) is 3.03. The second-order valence-corrected chi connectivity index (χ2v) is 3.88. The van der Waals surface area contributed by atoms with Crippen LogP contribution in [0.4, 0.5) is 5.82 Å². The molecule has 0 bridgehead atoms. The highest BCUT2D eigenvalue weighted by Gasteiger charge is 2.03. The van der Waals surface area contributed by atoms with Crippen molar-refractivity contribution in [2.24, 2.45) is 12.1 Å². The quantitative estimate of drug-likeness (QED) is 0.618. The molecular formula is C12H13N5O2. The number of hydrogen-bond donors (Lipinski definition) is 1. The average Bonchev–Trinajstić information content (AvgIpc) is 2.42. The minimum atomic E-state index is -0.484. The van der Waals surface area contributed by atoms with Crippen LogP contribution in [0.15, 0.2) is 45.2 Å². The molecule has 7 heteroatoms. The van der Waals surface area contributed by atoms with Crippen LogP contribution in [0.5, 0.6) is 0 Å². The summed E-state index contributed by atoms with van der Waals surface area (Å²) in [6.45, 7) is 0. The SMILES string of the molecule is CN(/N=C/c1ccccn1)c1cc(=O)n(C)c(=O)[nH]1. The van der Waals surface area contributed by atoms with Gasteiger partial charge in [0.1, 0.15) is 5.82 Å². The lowest BCUT2D eigenvalue weighted by Gasteiger charge is -2.11. The van der Waals surface area contributed by atoms with Crippen LogP contribution in [0, 0.1) is 0 Å². The largest absolute Gasteiger partial charge is 0.329 e. The van der Waals surface area contributed by atoms with Crippen molar-refractivity contribution in [2.75, 3.05) is 12.1 Å². The van der Waals surface area contributed by atoms with Crippen molar-refractivity contribution in [1.29, 1.82) is 0 Å². The first-order chi connectivity index (χ1) is 9.08. The van der Waals surface area contributed by atoms with Gasteiger partial charge >= 0.3 is 5.69 Å². The molecule has 0 saturated heterocycles. The molecule has 1 N–H and O–H groups in total. The molecule has 2 rings (SSSR count). The van der Waals surface area contributed by atoms with Crippen LogP contribution < -0.4 is 16.3 Å². The van der Waals surface area contributed by atoms with E-state index in [2.05, 4.69) is 15.1 Å². The molecule has 2 aromatic heterocycles. The number of aromatic nitrogens is 3. The van der Waals surface area contributed by atoms with E-state index in [0.717, 1.165) is 4.57 Å². The Hall–Kier alpha value is -2.70. The zero-order valence-corrected chi connectivity index (χ0v) is 10.6. The van der Waals surface area contributed by atoms with Gasteiger partial charge in [-0.3, -0.25) is 24.3 Å². The molecule has 0 saturated carbocycles. The van der Waals surface area contributed by atoms with E-state index in [1.807, 2.05) is 6.07 Å². The highest BCUT2D eigenvalue weighted by Crippen LogP contribution is 2.02. The van der Waals surface area contributed by atoms with Gasteiger partial charge in [0.15, 0.2) is 0 Å². The summed E-state index contributed by atoms with van der Waals surface area (Å²) in [5.41, 5.74) is -0.193. The predicted octanol–water partition coefficient (Wildman–Crippen LogP) is -0.0611. The Labute approximate surface area is 108 Å². The molecule has 0 aliphatic rings. The average molecular weight is 259 g/mol. The summed E-state index contributed by atoms with van der Waals surface area (Å²) in [5.74, 6) is 0.320. The maximum absolute atomic E-state index is 11.5. The molecule has 0 aliphatic carbocycles. The summed E-state index contributed by atoms with van der Waals surface area (Å²) in [6, 6.07) is 6.75. The number of nitrogens with zero attached hydrogens (tertiary/aromatic N) is 4. The summed E-state index contributed by atoms with van der Waals surface area (Å²) < 4.78 is 0.986. The molecule has 0 radical (unpaired) electrons. The van der Waals surface area contributed by atoms with Gasteiger partial charge in [0.2, 0.25) is 0 Å². The van der Waals surface area contributed by atoms with Crippen LogP contribution in [0.25, 0.3) is 0 Å². The van der Waals surface area contributed by atoms with E-state index in [-0.39, 0.29) is 0 Å². The van der Waals surface area contributed by atoms with Crippen LogP contribution in [0.2, 0.25) is 0 Å². The molecule has 0 aliphatic heterocycles. The van der Waals surface area contributed by atoms with Crippen molar-refractivity contribution in [3.63, 3.8) is 0 Å². The number of aromatic amines is 1. The fourth-order valence-electron chi connectivity index (χ4n) is 1.38. The van der Waals surface area contributed by atoms with E-state index < -0.39 is 11.2 Å². The van der Waals surface area contributed by atoms with E-state index >= 15 is 0 Å². The van der Waals surface area contributed by atoms with Crippen LogP contribution in [-0.2, 0) is 7.05 Å². The smallest absolute Gasteiger partial charge is 0.292 e. The van der Waals surface area contributed by atoms with Crippen molar-refractivity contribution in [2.45, 2.75) is 0 Å².